The third-order valence-corrected chi connectivity index (χ3v) is 3.84. The highest BCUT2D eigenvalue weighted by Gasteiger charge is 2.27. The van der Waals surface area contributed by atoms with Crippen molar-refractivity contribution < 1.29 is 19.8 Å². The van der Waals surface area contributed by atoms with Crippen LogP contribution in [0.3, 0.4) is 0 Å². The number of carboxylic acid groups (broad SMARTS) is 1. The fraction of sp³-hybridized carbons (Fsp3) is 0.857. The molecule has 0 aromatic rings. The van der Waals surface area contributed by atoms with Gasteiger partial charge in [0, 0.05) is 25.7 Å². The van der Waals surface area contributed by atoms with Crippen molar-refractivity contribution in [1.82, 2.24) is 10.2 Å². The Kier molecular flexibility index (Phi) is 7.36. The number of amides is 2. The summed E-state index contributed by atoms with van der Waals surface area (Å²) < 4.78 is 0. The molecule has 1 saturated heterocycles. The number of aliphatic hydroxyl groups excluding tert-OH is 1. The minimum absolute atomic E-state index is 0.0715. The first-order valence-corrected chi connectivity index (χ1v) is 7.48. The molecule has 0 radical (unpaired) electrons. The van der Waals surface area contributed by atoms with Crippen molar-refractivity contribution in [2.45, 2.75) is 51.5 Å². The van der Waals surface area contributed by atoms with E-state index in [4.69, 9.17) is 10.2 Å². The number of aliphatic hydroxyl groups is 1. The second-order valence-electron chi connectivity index (χ2n) is 5.37. The van der Waals surface area contributed by atoms with Gasteiger partial charge >= 0.3 is 12.0 Å². The van der Waals surface area contributed by atoms with Gasteiger partial charge in [0.05, 0.1) is 5.92 Å². The van der Waals surface area contributed by atoms with Crippen LogP contribution in [0.1, 0.15) is 45.4 Å². The molecule has 0 bridgehead atoms. The summed E-state index contributed by atoms with van der Waals surface area (Å²) in [5, 5.41) is 20.8. The SMILES string of the molecule is CCCC(CNC(=O)N1CCCCC1CCO)C(=O)O. The van der Waals surface area contributed by atoms with Crippen molar-refractivity contribution in [2.24, 2.45) is 5.92 Å². The largest absolute Gasteiger partial charge is 0.481 e. The smallest absolute Gasteiger partial charge is 0.317 e. The van der Waals surface area contributed by atoms with Crippen LogP contribution >= 0.6 is 0 Å². The maximum atomic E-state index is 12.2. The second kappa shape index (κ2) is 8.79. The van der Waals surface area contributed by atoms with Crippen molar-refractivity contribution in [3.63, 3.8) is 0 Å². The normalized spacial score (nSPS) is 20.5. The lowest BCUT2D eigenvalue weighted by Crippen LogP contribution is -2.50. The van der Waals surface area contributed by atoms with E-state index in [0.717, 1.165) is 25.7 Å². The Balaban J connectivity index is 2.48. The van der Waals surface area contributed by atoms with Crippen LogP contribution in [0.2, 0.25) is 0 Å². The molecule has 1 aliphatic rings. The van der Waals surface area contributed by atoms with Crippen LogP contribution in [-0.4, -0.2) is 52.9 Å². The van der Waals surface area contributed by atoms with E-state index < -0.39 is 11.9 Å². The van der Waals surface area contributed by atoms with Gasteiger partial charge in [0.2, 0.25) is 0 Å². The van der Waals surface area contributed by atoms with Crippen molar-refractivity contribution in [2.75, 3.05) is 19.7 Å². The Morgan fingerprint density at radius 1 is 1.40 bits per heavy atom. The standard InChI is InChI=1S/C14H26N2O4/c1-2-5-11(13(18)19)10-15-14(20)16-8-4-3-6-12(16)7-9-17/h11-12,17H,2-10H2,1H3,(H,15,20)(H,18,19). The number of carbonyl (C=O) groups is 2. The van der Waals surface area contributed by atoms with Gasteiger partial charge in [0.25, 0.3) is 0 Å². The predicted molar refractivity (Wildman–Crippen MR) is 75.5 cm³/mol. The van der Waals surface area contributed by atoms with E-state index >= 15 is 0 Å². The molecule has 1 rings (SSSR count). The maximum absolute atomic E-state index is 12.2. The quantitative estimate of drug-likeness (QED) is 0.660. The molecule has 6 heteroatoms. The predicted octanol–water partition coefficient (Wildman–Crippen LogP) is 1.43. The van der Waals surface area contributed by atoms with Gasteiger partial charge in [0.1, 0.15) is 0 Å². The third kappa shape index (κ3) is 5.00. The molecule has 0 saturated carbocycles. The van der Waals surface area contributed by atoms with E-state index in [1.165, 1.54) is 0 Å². The molecule has 2 unspecified atom stereocenters. The summed E-state index contributed by atoms with van der Waals surface area (Å²) >= 11 is 0. The summed E-state index contributed by atoms with van der Waals surface area (Å²) in [4.78, 5) is 24.9. The van der Waals surface area contributed by atoms with Gasteiger partial charge in [0.15, 0.2) is 0 Å². The van der Waals surface area contributed by atoms with Crippen LogP contribution < -0.4 is 5.32 Å². The summed E-state index contributed by atoms with van der Waals surface area (Å²) in [5.74, 6) is -1.39. The summed E-state index contributed by atoms with van der Waals surface area (Å²) in [6.07, 6.45) is 4.88. The minimum Gasteiger partial charge on any atom is -0.481 e. The average Bonchev–Trinajstić information content (AvgIpc) is 2.43. The maximum Gasteiger partial charge on any atom is 0.317 e. The molecular weight excluding hydrogens is 260 g/mol. The van der Waals surface area contributed by atoms with Gasteiger partial charge < -0.3 is 20.4 Å². The number of rotatable bonds is 7. The number of aliphatic carboxylic acids is 1. The molecule has 2 atom stereocenters. The minimum atomic E-state index is -0.863. The molecule has 0 aliphatic carbocycles. The monoisotopic (exact) mass is 286 g/mol. The Hall–Kier alpha value is -1.30. The molecule has 1 heterocycles. The molecule has 1 aliphatic heterocycles. The zero-order valence-electron chi connectivity index (χ0n) is 12.2. The molecule has 6 nitrogen and oxygen atoms in total. The van der Waals surface area contributed by atoms with E-state index in [-0.39, 0.29) is 25.2 Å². The van der Waals surface area contributed by atoms with Crippen LogP contribution in [0.25, 0.3) is 0 Å². The van der Waals surface area contributed by atoms with Gasteiger partial charge in [-0.2, -0.15) is 0 Å². The number of hydrogen-bond donors (Lipinski definition) is 3. The van der Waals surface area contributed by atoms with Crippen LogP contribution in [-0.2, 0) is 4.79 Å². The van der Waals surface area contributed by atoms with Crippen LogP contribution in [0.5, 0.6) is 0 Å². The van der Waals surface area contributed by atoms with Crippen molar-refractivity contribution >= 4 is 12.0 Å². The highest BCUT2D eigenvalue weighted by atomic mass is 16.4. The van der Waals surface area contributed by atoms with Gasteiger partial charge in [-0.15, -0.1) is 0 Å². The number of hydrogen-bond acceptors (Lipinski definition) is 3. The van der Waals surface area contributed by atoms with Gasteiger partial charge in [-0.25, -0.2) is 4.79 Å². The van der Waals surface area contributed by atoms with Gasteiger partial charge in [-0.1, -0.05) is 13.3 Å². The van der Waals surface area contributed by atoms with E-state index in [0.29, 0.717) is 19.4 Å². The van der Waals surface area contributed by atoms with Crippen molar-refractivity contribution in [3.05, 3.63) is 0 Å². The van der Waals surface area contributed by atoms with Crippen LogP contribution in [0.15, 0.2) is 0 Å². The van der Waals surface area contributed by atoms with Gasteiger partial charge in [-0.05, 0) is 32.1 Å². The Bertz CT molecular complexity index is 320. The summed E-state index contributed by atoms with van der Waals surface area (Å²) in [6.45, 7) is 2.86. The molecule has 0 spiro atoms. The second-order valence-corrected chi connectivity index (χ2v) is 5.37. The highest BCUT2D eigenvalue weighted by molar-refractivity contribution is 5.76. The van der Waals surface area contributed by atoms with E-state index in [1.807, 2.05) is 6.92 Å². The number of piperidine rings is 1. The lowest BCUT2D eigenvalue weighted by molar-refractivity contribution is -0.141. The molecule has 20 heavy (non-hydrogen) atoms. The third-order valence-electron chi connectivity index (χ3n) is 3.84. The van der Waals surface area contributed by atoms with E-state index in [9.17, 15) is 9.59 Å². The molecule has 1 fully saturated rings. The van der Waals surface area contributed by atoms with Crippen LogP contribution in [0.4, 0.5) is 4.79 Å². The molecule has 3 N–H and O–H groups in total. The number of carbonyl (C=O) groups excluding carboxylic acids is 1. The first-order chi connectivity index (χ1) is 9.60. The average molecular weight is 286 g/mol. The Morgan fingerprint density at radius 3 is 2.75 bits per heavy atom. The summed E-state index contributed by atoms with van der Waals surface area (Å²) in [5.41, 5.74) is 0. The molecular formula is C14H26N2O4. The molecule has 2 amide bonds. The topological polar surface area (TPSA) is 89.9 Å². The van der Waals surface area contributed by atoms with E-state index in [1.54, 1.807) is 4.90 Å². The molecule has 0 aromatic heterocycles. The van der Waals surface area contributed by atoms with Gasteiger partial charge in [-0.3, -0.25) is 4.79 Å². The number of urea groups is 1. The summed E-state index contributed by atoms with van der Waals surface area (Å²) in [7, 11) is 0. The zero-order chi connectivity index (χ0) is 15.0. The first kappa shape index (κ1) is 16.8. The lowest BCUT2D eigenvalue weighted by Gasteiger charge is -2.35. The molecule has 0 aromatic carbocycles. The highest BCUT2D eigenvalue weighted by Crippen LogP contribution is 2.19. The number of carboxylic acids is 1. The van der Waals surface area contributed by atoms with Crippen molar-refractivity contribution in [3.8, 4) is 0 Å². The van der Waals surface area contributed by atoms with Crippen molar-refractivity contribution in [1.29, 1.82) is 0 Å². The first-order valence-electron chi connectivity index (χ1n) is 7.48. The molecule has 116 valence electrons. The Morgan fingerprint density at radius 2 is 2.15 bits per heavy atom. The lowest BCUT2D eigenvalue weighted by atomic mass is 10.00. The summed E-state index contributed by atoms with van der Waals surface area (Å²) in [6, 6.07) is -0.131. The zero-order valence-corrected chi connectivity index (χ0v) is 12.2. The van der Waals surface area contributed by atoms with E-state index in [2.05, 4.69) is 5.32 Å². The fourth-order valence-corrected chi connectivity index (χ4v) is 2.69. The number of nitrogens with zero attached hydrogens (tertiary/aromatic N) is 1. The fourth-order valence-electron chi connectivity index (χ4n) is 2.69. The Labute approximate surface area is 120 Å². The van der Waals surface area contributed by atoms with Crippen LogP contribution in [0, 0.1) is 5.92 Å². The number of likely N-dealkylation sites (tertiary alicyclic amines) is 1. The number of nitrogens with one attached hydrogen (secondary N) is 1.